The van der Waals surface area contributed by atoms with Crippen LogP contribution in [0.5, 0.6) is 0 Å². The van der Waals surface area contributed by atoms with Crippen LogP contribution in [0.1, 0.15) is 16.9 Å². The SMILES string of the molecule is O=C1NC(=O)C2(CCN(C(=O)c3cccc(Br)n3)C2)N1. The van der Waals surface area contributed by atoms with E-state index < -0.39 is 11.6 Å². The number of aromatic nitrogens is 1. The average Bonchev–Trinajstić information content (AvgIpc) is 2.94. The molecule has 2 N–H and O–H groups in total. The van der Waals surface area contributed by atoms with Gasteiger partial charge >= 0.3 is 6.03 Å². The zero-order chi connectivity index (χ0) is 14.3. The lowest BCUT2D eigenvalue weighted by Gasteiger charge is -2.20. The highest BCUT2D eigenvalue weighted by Gasteiger charge is 2.51. The molecule has 1 spiro atoms. The maximum Gasteiger partial charge on any atom is 0.322 e. The van der Waals surface area contributed by atoms with Gasteiger partial charge in [-0.2, -0.15) is 0 Å². The number of hydrogen-bond donors (Lipinski definition) is 2. The summed E-state index contributed by atoms with van der Waals surface area (Å²) in [6, 6.07) is 4.56. The van der Waals surface area contributed by atoms with E-state index in [1.54, 1.807) is 18.2 Å². The first kappa shape index (κ1) is 13.0. The third kappa shape index (κ3) is 2.05. The second-order valence-electron chi connectivity index (χ2n) is 4.81. The standard InChI is InChI=1S/C12H11BrN4O3/c13-8-3-1-2-7(14-8)9(18)17-5-4-12(6-17)10(19)15-11(20)16-12/h1-3H,4-6H2,(H2,15,16,19,20). The Bertz CT molecular complexity index is 620. The molecule has 7 nitrogen and oxygen atoms in total. The van der Waals surface area contributed by atoms with E-state index in [4.69, 9.17) is 0 Å². The van der Waals surface area contributed by atoms with Gasteiger partial charge in [0.05, 0.1) is 6.54 Å². The molecule has 1 aromatic heterocycles. The smallest absolute Gasteiger partial charge is 0.322 e. The number of carbonyl (C=O) groups is 3. The molecule has 3 rings (SSSR count). The highest BCUT2D eigenvalue weighted by Crippen LogP contribution is 2.25. The number of halogens is 1. The molecule has 0 saturated carbocycles. The predicted octanol–water partition coefficient (Wildman–Crippen LogP) is 0.268. The van der Waals surface area contributed by atoms with Gasteiger partial charge in [0, 0.05) is 6.54 Å². The number of imide groups is 1. The van der Waals surface area contributed by atoms with Gasteiger partial charge in [-0.05, 0) is 34.5 Å². The third-order valence-electron chi connectivity index (χ3n) is 3.51. The molecule has 2 aliphatic rings. The van der Waals surface area contributed by atoms with Crippen LogP contribution in [0.25, 0.3) is 0 Å². The highest BCUT2D eigenvalue weighted by atomic mass is 79.9. The summed E-state index contributed by atoms with van der Waals surface area (Å²) in [5, 5.41) is 4.81. The van der Waals surface area contributed by atoms with E-state index >= 15 is 0 Å². The summed E-state index contributed by atoms with van der Waals surface area (Å²) in [6.45, 7) is 0.568. The molecule has 104 valence electrons. The van der Waals surface area contributed by atoms with Crippen molar-refractivity contribution in [3.8, 4) is 0 Å². The van der Waals surface area contributed by atoms with E-state index in [2.05, 4.69) is 31.5 Å². The number of urea groups is 1. The van der Waals surface area contributed by atoms with Gasteiger partial charge in [-0.15, -0.1) is 0 Å². The Hall–Kier alpha value is -1.96. The summed E-state index contributed by atoms with van der Waals surface area (Å²) in [4.78, 5) is 41.0. The zero-order valence-electron chi connectivity index (χ0n) is 10.4. The maximum absolute atomic E-state index is 12.3. The number of rotatable bonds is 1. The Kier molecular flexibility index (Phi) is 2.97. The molecule has 0 radical (unpaired) electrons. The quantitative estimate of drug-likeness (QED) is 0.568. The van der Waals surface area contributed by atoms with Crippen LogP contribution in [0.15, 0.2) is 22.8 Å². The second kappa shape index (κ2) is 4.55. The Balaban J connectivity index is 1.79. The van der Waals surface area contributed by atoms with Crippen molar-refractivity contribution >= 4 is 33.8 Å². The lowest BCUT2D eigenvalue weighted by Crippen LogP contribution is -2.49. The Labute approximate surface area is 122 Å². The summed E-state index contributed by atoms with van der Waals surface area (Å²) in [5.74, 6) is -0.628. The fraction of sp³-hybridized carbons (Fsp3) is 0.333. The summed E-state index contributed by atoms with van der Waals surface area (Å²) in [5.41, 5.74) is -0.681. The first-order valence-corrected chi connectivity index (χ1v) is 6.85. The van der Waals surface area contributed by atoms with Crippen LogP contribution >= 0.6 is 15.9 Å². The van der Waals surface area contributed by atoms with Gasteiger partial charge in [0.15, 0.2) is 0 Å². The number of hydrogen-bond acceptors (Lipinski definition) is 4. The van der Waals surface area contributed by atoms with Crippen LogP contribution in [-0.4, -0.2) is 46.4 Å². The largest absolute Gasteiger partial charge is 0.334 e. The topological polar surface area (TPSA) is 91.4 Å². The van der Waals surface area contributed by atoms with Gasteiger partial charge in [-0.25, -0.2) is 9.78 Å². The van der Waals surface area contributed by atoms with Crippen molar-refractivity contribution in [2.45, 2.75) is 12.0 Å². The molecule has 20 heavy (non-hydrogen) atoms. The number of likely N-dealkylation sites (tertiary alicyclic amines) is 1. The van der Waals surface area contributed by atoms with Crippen molar-refractivity contribution in [3.05, 3.63) is 28.5 Å². The normalized spacial score (nSPS) is 24.9. The minimum atomic E-state index is -0.987. The van der Waals surface area contributed by atoms with Gasteiger partial charge in [-0.1, -0.05) is 6.07 Å². The molecular formula is C12H11BrN4O3. The number of pyridine rings is 1. The summed E-state index contributed by atoms with van der Waals surface area (Å²) in [7, 11) is 0. The Morgan fingerprint density at radius 3 is 2.85 bits per heavy atom. The van der Waals surface area contributed by atoms with E-state index in [0.717, 1.165) is 0 Å². The molecule has 0 aromatic carbocycles. The average molecular weight is 339 g/mol. The van der Waals surface area contributed by atoms with Crippen molar-refractivity contribution in [2.75, 3.05) is 13.1 Å². The molecule has 3 heterocycles. The molecule has 1 aromatic rings. The van der Waals surface area contributed by atoms with E-state index in [1.165, 1.54) is 4.90 Å². The van der Waals surface area contributed by atoms with Crippen molar-refractivity contribution in [1.82, 2.24) is 20.5 Å². The van der Waals surface area contributed by atoms with Crippen LogP contribution in [0.4, 0.5) is 4.79 Å². The maximum atomic E-state index is 12.3. The van der Waals surface area contributed by atoms with E-state index in [1.807, 2.05) is 0 Å². The molecule has 0 aliphatic carbocycles. The second-order valence-corrected chi connectivity index (χ2v) is 5.63. The van der Waals surface area contributed by atoms with Gasteiger partial charge in [0.1, 0.15) is 15.8 Å². The van der Waals surface area contributed by atoms with Crippen LogP contribution in [0.3, 0.4) is 0 Å². The molecule has 0 bridgehead atoms. The zero-order valence-corrected chi connectivity index (χ0v) is 11.9. The minimum Gasteiger partial charge on any atom is -0.334 e. The fourth-order valence-electron chi connectivity index (χ4n) is 2.49. The van der Waals surface area contributed by atoms with Crippen LogP contribution < -0.4 is 10.6 Å². The Morgan fingerprint density at radius 2 is 2.20 bits per heavy atom. The molecule has 4 amide bonds. The predicted molar refractivity (Wildman–Crippen MR) is 71.9 cm³/mol. The van der Waals surface area contributed by atoms with Gasteiger partial charge in [0.25, 0.3) is 11.8 Å². The van der Waals surface area contributed by atoms with Crippen molar-refractivity contribution < 1.29 is 14.4 Å². The molecule has 2 fully saturated rings. The number of nitrogens with zero attached hydrogens (tertiary/aromatic N) is 2. The number of amides is 4. The Morgan fingerprint density at radius 1 is 1.40 bits per heavy atom. The summed E-state index contributed by atoms with van der Waals surface area (Å²) in [6.07, 6.45) is 0.407. The molecule has 1 unspecified atom stereocenters. The number of nitrogens with one attached hydrogen (secondary N) is 2. The van der Waals surface area contributed by atoms with Crippen molar-refractivity contribution in [2.24, 2.45) is 0 Å². The van der Waals surface area contributed by atoms with E-state index in [9.17, 15) is 14.4 Å². The van der Waals surface area contributed by atoms with Gasteiger partial charge in [-0.3, -0.25) is 14.9 Å². The molecule has 2 aliphatic heterocycles. The van der Waals surface area contributed by atoms with Crippen molar-refractivity contribution in [1.29, 1.82) is 0 Å². The van der Waals surface area contributed by atoms with E-state index in [-0.39, 0.29) is 18.4 Å². The first-order chi connectivity index (χ1) is 9.50. The number of carbonyl (C=O) groups excluding carboxylic acids is 3. The molecule has 8 heteroatoms. The molecule has 2 saturated heterocycles. The fourth-order valence-corrected chi connectivity index (χ4v) is 2.83. The first-order valence-electron chi connectivity index (χ1n) is 6.06. The van der Waals surface area contributed by atoms with Gasteiger partial charge < -0.3 is 10.2 Å². The minimum absolute atomic E-state index is 0.164. The lowest BCUT2D eigenvalue weighted by atomic mass is 9.99. The van der Waals surface area contributed by atoms with E-state index in [0.29, 0.717) is 23.3 Å². The monoisotopic (exact) mass is 338 g/mol. The van der Waals surface area contributed by atoms with Crippen LogP contribution in [-0.2, 0) is 4.79 Å². The molecular weight excluding hydrogens is 328 g/mol. The van der Waals surface area contributed by atoms with Crippen LogP contribution in [0.2, 0.25) is 0 Å². The van der Waals surface area contributed by atoms with Crippen molar-refractivity contribution in [3.63, 3.8) is 0 Å². The van der Waals surface area contributed by atoms with Crippen LogP contribution in [0, 0.1) is 0 Å². The highest BCUT2D eigenvalue weighted by molar-refractivity contribution is 9.10. The summed E-state index contributed by atoms with van der Waals surface area (Å²) >= 11 is 3.21. The molecule has 1 atom stereocenters. The summed E-state index contributed by atoms with van der Waals surface area (Å²) < 4.78 is 0.573. The lowest BCUT2D eigenvalue weighted by molar-refractivity contribution is -0.123. The third-order valence-corrected chi connectivity index (χ3v) is 3.95. The van der Waals surface area contributed by atoms with Gasteiger partial charge in [0.2, 0.25) is 0 Å².